The molecule has 4 nitrogen and oxygen atoms in total. The van der Waals surface area contributed by atoms with E-state index in [-0.39, 0.29) is 6.04 Å². The van der Waals surface area contributed by atoms with Gasteiger partial charge in [0.2, 0.25) is 10.0 Å². The van der Waals surface area contributed by atoms with Gasteiger partial charge in [-0.05, 0) is 51.0 Å². The van der Waals surface area contributed by atoms with E-state index in [9.17, 15) is 8.42 Å². The molecule has 0 aromatic rings. The first-order valence-corrected chi connectivity index (χ1v) is 8.69. The fraction of sp³-hybridized carbons (Fsp3) is 1.00. The van der Waals surface area contributed by atoms with Gasteiger partial charge in [0.15, 0.2) is 0 Å². The highest BCUT2D eigenvalue weighted by atomic mass is 32.2. The Morgan fingerprint density at radius 2 is 1.83 bits per heavy atom. The average Bonchev–Trinajstić information content (AvgIpc) is 2.28. The van der Waals surface area contributed by atoms with Crippen molar-refractivity contribution < 1.29 is 8.42 Å². The van der Waals surface area contributed by atoms with Gasteiger partial charge in [-0.3, -0.25) is 0 Å². The Labute approximate surface area is 112 Å². The maximum Gasteiger partial charge on any atom is 0.214 e. The molecule has 0 aromatic carbocycles. The maximum atomic E-state index is 12.0. The van der Waals surface area contributed by atoms with Crippen molar-refractivity contribution in [2.24, 2.45) is 17.6 Å². The maximum absolute atomic E-state index is 12.0. The summed E-state index contributed by atoms with van der Waals surface area (Å²) >= 11 is 0. The molecule has 5 heteroatoms. The molecule has 0 spiro atoms. The van der Waals surface area contributed by atoms with Crippen LogP contribution in [0.4, 0.5) is 0 Å². The summed E-state index contributed by atoms with van der Waals surface area (Å²) in [6.45, 7) is 7.77. The first-order valence-electron chi connectivity index (χ1n) is 7.08. The largest absolute Gasteiger partial charge is 0.330 e. The van der Waals surface area contributed by atoms with Gasteiger partial charge in [-0.25, -0.2) is 8.42 Å². The van der Waals surface area contributed by atoms with Gasteiger partial charge in [-0.15, -0.1) is 0 Å². The highest BCUT2D eigenvalue weighted by Gasteiger charge is 2.30. The molecule has 1 heterocycles. The van der Waals surface area contributed by atoms with Gasteiger partial charge in [-0.2, -0.15) is 4.31 Å². The lowest BCUT2D eigenvalue weighted by Crippen LogP contribution is -2.43. The second-order valence-electron chi connectivity index (χ2n) is 5.80. The summed E-state index contributed by atoms with van der Waals surface area (Å²) in [6, 6.07) is 0.114. The molecule has 1 fully saturated rings. The third-order valence-electron chi connectivity index (χ3n) is 4.08. The zero-order valence-electron chi connectivity index (χ0n) is 11.9. The Morgan fingerprint density at radius 1 is 1.17 bits per heavy atom. The van der Waals surface area contributed by atoms with Crippen molar-refractivity contribution >= 4 is 10.0 Å². The molecule has 1 rings (SSSR count). The lowest BCUT2D eigenvalue weighted by atomic mass is 9.90. The lowest BCUT2D eigenvalue weighted by molar-refractivity contribution is 0.269. The van der Waals surface area contributed by atoms with E-state index in [0.717, 1.165) is 25.7 Å². The van der Waals surface area contributed by atoms with Gasteiger partial charge in [0, 0.05) is 12.6 Å². The minimum Gasteiger partial charge on any atom is -0.330 e. The van der Waals surface area contributed by atoms with Crippen molar-refractivity contribution in [3.8, 4) is 0 Å². The number of nitrogens with zero attached hydrogens (tertiary/aromatic N) is 1. The smallest absolute Gasteiger partial charge is 0.214 e. The van der Waals surface area contributed by atoms with Crippen LogP contribution in [0, 0.1) is 11.8 Å². The Hall–Kier alpha value is -0.130. The second kappa shape index (κ2) is 6.87. The van der Waals surface area contributed by atoms with Crippen molar-refractivity contribution in [2.45, 2.75) is 52.5 Å². The summed E-state index contributed by atoms with van der Waals surface area (Å²) in [5, 5.41) is 0. The van der Waals surface area contributed by atoms with E-state index in [4.69, 9.17) is 5.73 Å². The van der Waals surface area contributed by atoms with Gasteiger partial charge >= 0.3 is 0 Å². The monoisotopic (exact) mass is 276 g/mol. The van der Waals surface area contributed by atoms with Crippen molar-refractivity contribution in [3.05, 3.63) is 0 Å². The standard InChI is InChI=1S/C13H28N2O2S/c1-11(2)13(10-14)7-6-12(3)15-8-4-5-9-18(15,16)17/h11-13H,4-10,14H2,1-3H3/t12-,13-/m0/s1. The molecular formula is C13H28N2O2S. The molecule has 108 valence electrons. The molecule has 2 N–H and O–H groups in total. The van der Waals surface area contributed by atoms with Crippen LogP contribution in [0.2, 0.25) is 0 Å². The molecule has 0 saturated carbocycles. The van der Waals surface area contributed by atoms with Crippen LogP contribution < -0.4 is 5.73 Å². The quantitative estimate of drug-likeness (QED) is 0.805. The van der Waals surface area contributed by atoms with Crippen molar-refractivity contribution in [1.82, 2.24) is 4.31 Å². The predicted octanol–water partition coefficient (Wildman–Crippen LogP) is 1.81. The van der Waals surface area contributed by atoms with Crippen molar-refractivity contribution in [3.63, 3.8) is 0 Å². The second-order valence-corrected chi connectivity index (χ2v) is 7.84. The molecule has 0 aromatic heterocycles. The minimum absolute atomic E-state index is 0.114. The van der Waals surface area contributed by atoms with E-state index in [0.29, 0.717) is 30.7 Å². The van der Waals surface area contributed by atoms with E-state index in [2.05, 4.69) is 13.8 Å². The normalized spacial score (nSPS) is 24.1. The SMILES string of the molecule is CC(C)[C@H](CN)CC[C@H](C)N1CCCCS1(=O)=O. The van der Waals surface area contributed by atoms with Crippen LogP contribution in [-0.4, -0.2) is 37.6 Å². The van der Waals surface area contributed by atoms with Crippen LogP contribution in [-0.2, 0) is 10.0 Å². The van der Waals surface area contributed by atoms with Gasteiger partial charge < -0.3 is 5.73 Å². The first kappa shape index (κ1) is 15.9. The third-order valence-corrected chi connectivity index (χ3v) is 6.14. The molecule has 0 unspecified atom stereocenters. The van der Waals surface area contributed by atoms with E-state index in [1.807, 2.05) is 6.92 Å². The number of sulfonamides is 1. The molecule has 18 heavy (non-hydrogen) atoms. The molecule has 1 saturated heterocycles. The van der Waals surface area contributed by atoms with E-state index in [1.54, 1.807) is 4.31 Å². The van der Waals surface area contributed by atoms with Crippen LogP contribution in [0.5, 0.6) is 0 Å². The van der Waals surface area contributed by atoms with E-state index < -0.39 is 10.0 Å². The molecule has 2 atom stereocenters. The molecule has 0 amide bonds. The van der Waals surface area contributed by atoms with Crippen LogP contribution in [0.25, 0.3) is 0 Å². The highest BCUT2D eigenvalue weighted by molar-refractivity contribution is 7.89. The van der Waals surface area contributed by atoms with Crippen LogP contribution in [0.1, 0.15) is 46.5 Å². The molecule has 0 aliphatic carbocycles. The van der Waals surface area contributed by atoms with Crippen molar-refractivity contribution in [2.75, 3.05) is 18.8 Å². The average molecular weight is 276 g/mol. The lowest BCUT2D eigenvalue weighted by Gasteiger charge is -2.32. The van der Waals surface area contributed by atoms with Gasteiger partial charge in [0.05, 0.1) is 5.75 Å². The summed E-state index contributed by atoms with van der Waals surface area (Å²) in [6.07, 6.45) is 3.73. The van der Waals surface area contributed by atoms with Crippen molar-refractivity contribution in [1.29, 1.82) is 0 Å². The fourth-order valence-electron chi connectivity index (χ4n) is 2.63. The van der Waals surface area contributed by atoms with Gasteiger partial charge in [0.1, 0.15) is 0 Å². The number of rotatable bonds is 6. The molecular weight excluding hydrogens is 248 g/mol. The minimum atomic E-state index is -3.00. The number of hydrogen-bond donors (Lipinski definition) is 1. The molecule has 1 aliphatic rings. The molecule has 0 bridgehead atoms. The summed E-state index contributed by atoms with van der Waals surface area (Å²) in [5.74, 6) is 1.39. The Kier molecular flexibility index (Phi) is 6.08. The Morgan fingerprint density at radius 3 is 2.33 bits per heavy atom. The number of nitrogens with two attached hydrogens (primary N) is 1. The summed E-state index contributed by atoms with van der Waals surface area (Å²) in [4.78, 5) is 0. The zero-order chi connectivity index (χ0) is 13.8. The third kappa shape index (κ3) is 4.21. The molecule has 1 aliphatic heterocycles. The van der Waals surface area contributed by atoms with E-state index in [1.165, 1.54) is 0 Å². The zero-order valence-corrected chi connectivity index (χ0v) is 12.7. The van der Waals surface area contributed by atoms with Gasteiger partial charge in [0.25, 0.3) is 0 Å². The summed E-state index contributed by atoms with van der Waals surface area (Å²) in [7, 11) is -3.00. The summed E-state index contributed by atoms with van der Waals surface area (Å²) in [5.41, 5.74) is 5.76. The Bertz CT molecular complexity index is 341. The fourth-order valence-corrected chi connectivity index (χ4v) is 4.49. The van der Waals surface area contributed by atoms with Crippen LogP contribution in [0.15, 0.2) is 0 Å². The highest BCUT2D eigenvalue weighted by Crippen LogP contribution is 2.23. The van der Waals surface area contributed by atoms with Crippen LogP contribution >= 0.6 is 0 Å². The van der Waals surface area contributed by atoms with E-state index >= 15 is 0 Å². The summed E-state index contributed by atoms with van der Waals surface area (Å²) < 4.78 is 25.6. The first-order chi connectivity index (χ1) is 8.38. The van der Waals surface area contributed by atoms with Crippen LogP contribution in [0.3, 0.4) is 0 Å². The predicted molar refractivity (Wildman–Crippen MR) is 75.8 cm³/mol. The topological polar surface area (TPSA) is 63.4 Å². The Balaban J connectivity index is 2.51. The number of hydrogen-bond acceptors (Lipinski definition) is 3. The molecule has 0 radical (unpaired) electrons. The van der Waals surface area contributed by atoms with Gasteiger partial charge in [-0.1, -0.05) is 13.8 Å².